The number of hydrogen-bond donors (Lipinski definition) is 1. The van der Waals surface area contributed by atoms with Gasteiger partial charge in [0.2, 0.25) is 9.84 Å². The number of hydrogen-bond acceptors (Lipinski definition) is 4. The molecular weight excluding hydrogens is 370 g/mol. The zero-order valence-corrected chi connectivity index (χ0v) is 15.4. The van der Waals surface area contributed by atoms with Crippen molar-refractivity contribution < 1.29 is 17.2 Å². The number of nitrogens with zero attached hydrogens (tertiary/aromatic N) is 1. The Morgan fingerprint density at radius 3 is 2.24 bits per heavy atom. The van der Waals surface area contributed by atoms with E-state index in [1.807, 2.05) is 31.1 Å². The Bertz CT molecular complexity index is 812. The number of sulfone groups is 1. The van der Waals surface area contributed by atoms with Gasteiger partial charge in [-0.15, -0.1) is 0 Å². The lowest BCUT2D eigenvalue weighted by Crippen LogP contribution is -2.27. The fourth-order valence-electron chi connectivity index (χ4n) is 2.45. The third kappa shape index (κ3) is 4.68. The molecule has 0 fully saturated rings. The summed E-state index contributed by atoms with van der Waals surface area (Å²) in [6.07, 6.45) is 0. The molecule has 25 heavy (non-hydrogen) atoms. The van der Waals surface area contributed by atoms with Crippen LogP contribution in [0, 0.1) is 0 Å². The van der Waals surface area contributed by atoms with Crippen LogP contribution in [0.4, 0.5) is 14.5 Å². The maximum Gasteiger partial charge on any atom is 0.341 e. The van der Waals surface area contributed by atoms with Gasteiger partial charge >= 0.3 is 5.76 Å². The van der Waals surface area contributed by atoms with Gasteiger partial charge in [0, 0.05) is 11.6 Å². The molecule has 136 valence electrons. The SMILES string of the molecule is CN(C)C(CNc1ccccc1S(=O)(=O)C(F)F)c1ccc(Cl)cc1. The third-order valence-electron chi connectivity index (χ3n) is 3.79. The Balaban J connectivity index is 2.26. The van der Waals surface area contributed by atoms with Crippen LogP contribution in [-0.2, 0) is 9.84 Å². The molecule has 0 heterocycles. The molecule has 2 rings (SSSR count). The van der Waals surface area contributed by atoms with Crippen molar-refractivity contribution in [1.82, 2.24) is 4.90 Å². The summed E-state index contributed by atoms with van der Waals surface area (Å²) in [5, 5.41) is 3.60. The third-order valence-corrected chi connectivity index (χ3v) is 5.48. The Hall–Kier alpha value is -1.70. The molecule has 0 bridgehead atoms. The first-order valence-electron chi connectivity index (χ1n) is 7.50. The van der Waals surface area contributed by atoms with Crippen molar-refractivity contribution in [3.63, 3.8) is 0 Å². The summed E-state index contributed by atoms with van der Waals surface area (Å²) < 4.78 is 49.4. The van der Waals surface area contributed by atoms with E-state index in [1.165, 1.54) is 18.2 Å². The van der Waals surface area contributed by atoms with Crippen LogP contribution < -0.4 is 5.32 Å². The van der Waals surface area contributed by atoms with E-state index in [0.29, 0.717) is 11.6 Å². The molecule has 0 saturated heterocycles. The molecule has 1 unspecified atom stereocenters. The van der Waals surface area contributed by atoms with Crippen LogP contribution in [-0.4, -0.2) is 39.7 Å². The number of rotatable bonds is 7. The first-order valence-corrected chi connectivity index (χ1v) is 9.42. The van der Waals surface area contributed by atoms with E-state index in [1.54, 1.807) is 18.2 Å². The summed E-state index contributed by atoms with van der Waals surface area (Å²) in [6, 6.07) is 12.8. The molecule has 0 aliphatic rings. The zero-order chi connectivity index (χ0) is 18.6. The molecule has 1 N–H and O–H groups in total. The molecule has 2 aromatic carbocycles. The number of alkyl halides is 2. The Labute approximate surface area is 151 Å². The van der Waals surface area contributed by atoms with Crippen LogP contribution >= 0.6 is 11.6 Å². The number of nitrogens with one attached hydrogen (secondary N) is 1. The highest BCUT2D eigenvalue weighted by Crippen LogP contribution is 2.27. The van der Waals surface area contributed by atoms with Gasteiger partial charge in [0.25, 0.3) is 0 Å². The van der Waals surface area contributed by atoms with Crippen molar-refractivity contribution in [2.45, 2.75) is 16.7 Å². The molecule has 0 aliphatic heterocycles. The Kier molecular flexibility index (Phi) is 6.37. The molecule has 0 radical (unpaired) electrons. The van der Waals surface area contributed by atoms with Crippen molar-refractivity contribution in [3.8, 4) is 0 Å². The lowest BCUT2D eigenvalue weighted by molar-refractivity contribution is 0.235. The first kappa shape index (κ1) is 19.6. The molecule has 0 aliphatic carbocycles. The van der Waals surface area contributed by atoms with Crippen molar-refractivity contribution in [1.29, 1.82) is 0 Å². The average Bonchev–Trinajstić information content (AvgIpc) is 2.56. The molecule has 0 spiro atoms. The van der Waals surface area contributed by atoms with Crippen molar-refractivity contribution in [3.05, 3.63) is 59.1 Å². The minimum absolute atomic E-state index is 0.0976. The summed E-state index contributed by atoms with van der Waals surface area (Å²) in [6.45, 7) is 0.338. The first-order chi connectivity index (χ1) is 11.7. The van der Waals surface area contributed by atoms with E-state index in [-0.39, 0.29) is 11.7 Å². The minimum Gasteiger partial charge on any atom is -0.382 e. The van der Waals surface area contributed by atoms with Gasteiger partial charge in [-0.3, -0.25) is 0 Å². The van der Waals surface area contributed by atoms with Gasteiger partial charge in [0.05, 0.1) is 16.6 Å². The van der Waals surface area contributed by atoms with Gasteiger partial charge in [-0.05, 0) is 43.9 Å². The quantitative estimate of drug-likeness (QED) is 0.777. The highest BCUT2D eigenvalue weighted by atomic mass is 35.5. The van der Waals surface area contributed by atoms with Crippen LogP contribution in [0.5, 0.6) is 0 Å². The van der Waals surface area contributed by atoms with E-state index < -0.39 is 20.5 Å². The van der Waals surface area contributed by atoms with Crippen LogP contribution in [0.2, 0.25) is 5.02 Å². The minimum atomic E-state index is -4.67. The second-order valence-corrected chi connectivity index (χ2v) is 8.04. The summed E-state index contributed by atoms with van der Waals surface area (Å²) in [4.78, 5) is 1.54. The lowest BCUT2D eigenvalue weighted by Gasteiger charge is -2.26. The maximum absolute atomic E-state index is 12.9. The van der Waals surface area contributed by atoms with E-state index >= 15 is 0 Å². The van der Waals surface area contributed by atoms with Crippen LogP contribution in [0.15, 0.2) is 53.4 Å². The van der Waals surface area contributed by atoms with E-state index in [0.717, 1.165) is 5.56 Å². The number of para-hydroxylation sites is 1. The second kappa shape index (κ2) is 8.12. The number of benzene rings is 2. The fraction of sp³-hybridized carbons (Fsp3) is 0.294. The molecule has 0 aromatic heterocycles. The summed E-state index contributed by atoms with van der Waals surface area (Å²) in [5.74, 6) is -3.46. The van der Waals surface area contributed by atoms with Gasteiger partial charge in [-0.1, -0.05) is 35.9 Å². The Morgan fingerprint density at radius 2 is 1.68 bits per heavy atom. The van der Waals surface area contributed by atoms with Crippen LogP contribution in [0.3, 0.4) is 0 Å². The molecule has 8 heteroatoms. The van der Waals surface area contributed by atoms with Gasteiger partial charge < -0.3 is 10.2 Å². The van der Waals surface area contributed by atoms with E-state index in [4.69, 9.17) is 11.6 Å². The molecule has 0 saturated carbocycles. The van der Waals surface area contributed by atoms with Gasteiger partial charge in [0.15, 0.2) is 0 Å². The second-order valence-electron chi connectivity index (χ2n) is 5.71. The van der Waals surface area contributed by atoms with Crippen LogP contribution in [0.1, 0.15) is 11.6 Å². The lowest BCUT2D eigenvalue weighted by atomic mass is 10.1. The average molecular weight is 389 g/mol. The predicted octanol–water partition coefficient (Wildman–Crippen LogP) is 4.05. The van der Waals surface area contributed by atoms with Gasteiger partial charge in [0.1, 0.15) is 0 Å². The monoisotopic (exact) mass is 388 g/mol. The van der Waals surface area contributed by atoms with E-state index in [2.05, 4.69) is 5.32 Å². The summed E-state index contributed by atoms with van der Waals surface area (Å²) >= 11 is 5.90. The molecule has 1 atom stereocenters. The predicted molar refractivity (Wildman–Crippen MR) is 96.0 cm³/mol. The van der Waals surface area contributed by atoms with Crippen molar-refractivity contribution in [2.24, 2.45) is 0 Å². The number of anilines is 1. The van der Waals surface area contributed by atoms with Gasteiger partial charge in [-0.2, -0.15) is 8.78 Å². The molecule has 0 amide bonds. The highest BCUT2D eigenvalue weighted by Gasteiger charge is 2.29. The fourth-order valence-corrected chi connectivity index (χ4v) is 3.48. The number of halogens is 3. The smallest absolute Gasteiger partial charge is 0.341 e. The standard InChI is InChI=1S/C17H19ClF2N2O2S/c1-22(2)15(12-7-9-13(18)10-8-12)11-21-14-5-3-4-6-16(14)25(23,24)17(19)20/h3-10,15,17,21H,11H2,1-2H3. The molecule has 2 aromatic rings. The van der Waals surface area contributed by atoms with Crippen molar-refractivity contribution in [2.75, 3.05) is 26.0 Å². The normalized spacial score (nSPS) is 13.2. The largest absolute Gasteiger partial charge is 0.382 e. The van der Waals surface area contributed by atoms with Crippen molar-refractivity contribution >= 4 is 27.1 Å². The zero-order valence-electron chi connectivity index (χ0n) is 13.8. The molecular formula is C17H19ClF2N2O2S. The van der Waals surface area contributed by atoms with Crippen LogP contribution in [0.25, 0.3) is 0 Å². The molecule has 4 nitrogen and oxygen atoms in total. The summed E-state index contributed by atoms with van der Waals surface area (Å²) in [7, 11) is -0.917. The summed E-state index contributed by atoms with van der Waals surface area (Å²) in [5.41, 5.74) is 1.12. The highest BCUT2D eigenvalue weighted by molar-refractivity contribution is 7.91. The Morgan fingerprint density at radius 1 is 1.08 bits per heavy atom. The van der Waals surface area contributed by atoms with E-state index in [9.17, 15) is 17.2 Å². The maximum atomic E-state index is 12.9. The number of likely N-dealkylation sites (N-methyl/N-ethyl adjacent to an activating group) is 1. The van der Waals surface area contributed by atoms with Gasteiger partial charge in [-0.25, -0.2) is 8.42 Å². The topological polar surface area (TPSA) is 49.4 Å².